The normalized spacial score (nSPS) is 9.93. The summed E-state index contributed by atoms with van der Waals surface area (Å²) in [6.45, 7) is 3.62. The first-order chi connectivity index (χ1) is 6.49. The van der Waals surface area contributed by atoms with Crippen molar-refractivity contribution < 1.29 is 14.6 Å². The molecule has 0 spiro atoms. The second-order valence-corrected chi connectivity index (χ2v) is 3.10. The SMILES string of the molecule is COc1c(C(=O)O)cc(N)c(C)c1C. The molecule has 4 heteroatoms. The molecule has 0 heterocycles. The molecule has 0 saturated heterocycles. The van der Waals surface area contributed by atoms with Crippen LogP contribution in [0.1, 0.15) is 21.5 Å². The fourth-order valence-electron chi connectivity index (χ4n) is 1.34. The predicted molar refractivity (Wildman–Crippen MR) is 53.8 cm³/mol. The number of nitrogen functional groups attached to an aromatic ring is 1. The fourth-order valence-corrected chi connectivity index (χ4v) is 1.34. The number of nitrogens with two attached hydrogens (primary N) is 1. The second kappa shape index (κ2) is 3.57. The third-order valence-corrected chi connectivity index (χ3v) is 2.32. The minimum Gasteiger partial charge on any atom is -0.496 e. The number of carboxylic acids is 1. The maximum atomic E-state index is 10.9. The van der Waals surface area contributed by atoms with Crippen LogP contribution in [0.15, 0.2) is 6.07 Å². The number of methoxy groups -OCH3 is 1. The van der Waals surface area contributed by atoms with Gasteiger partial charge in [-0.1, -0.05) is 0 Å². The summed E-state index contributed by atoms with van der Waals surface area (Å²) in [6.07, 6.45) is 0. The van der Waals surface area contributed by atoms with Gasteiger partial charge in [-0.3, -0.25) is 0 Å². The van der Waals surface area contributed by atoms with Gasteiger partial charge in [0, 0.05) is 5.69 Å². The summed E-state index contributed by atoms with van der Waals surface area (Å²) in [7, 11) is 1.45. The van der Waals surface area contributed by atoms with Crippen LogP contribution in [0, 0.1) is 13.8 Å². The van der Waals surface area contributed by atoms with Gasteiger partial charge in [0.25, 0.3) is 0 Å². The van der Waals surface area contributed by atoms with E-state index >= 15 is 0 Å². The average Bonchev–Trinajstić information content (AvgIpc) is 2.13. The van der Waals surface area contributed by atoms with Crippen molar-refractivity contribution in [3.05, 3.63) is 22.8 Å². The number of ether oxygens (including phenoxy) is 1. The number of benzene rings is 1. The van der Waals surface area contributed by atoms with Crippen LogP contribution < -0.4 is 10.5 Å². The number of aromatic carboxylic acids is 1. The third kappa shape index (κ3) is 1.51. The third-order valence-electron chi connectivity index (χ3n) is 2.32. The fraction of sp³-hybridized carbons (Fsp3) is 0.300. The van der Waals surface area contributed by atoms with Crippen LogP contribution in [-0.2, 0) is 0 Å². The minimum atomic E-state index is -1.03. The molecule has 0 amide bonds. The van der Waals surface area contributed by atoms with Gasteiger partial charge in [-0.05, 0) is 31.0 Å². The molecular formula is C10H13NO3. The van der Waals surface area contributed by atoms with E-state index in [0.29, 0.717) is 11.4 Å². The van der Waals surface area contributed by atoms with Crippen molar-refractivity contribution in [3.63, 3.8) is 0 Å². The van der Waals surface area contributed by atoms with Crippen molar-refractivity contribution in [2.75, 3.05) is 12.8 Å². The van der Waals surface area contributed by atoms with Crippen molar-refractivity contribution in [1.82, 2.24) is 0 Å². The lowest BCUT2D eigenvalue weighted by atomic mass is 10.0. The number of anilines is 1. The highest BCUT2D eigenvalue weighted by molar-refractivity contribution is 5.93. The van der Waals surface area contributed by atoms with Crippen LogP contribution in [0.4, 0.5) is 5.69 Å². The first-order valence-corrected chi connectivity index (χ1v) is 4.16. The smallest absolute Gasteiger partial charge is 0.339 e. The Morgan fingerprint density at radius 3 is 2.43 bits per heavy atom. The Morgan fingerprint density at radius 1 is 1.43 bits per heavy atom. The van der Waals surface area contributed by atoms with E-state index < -0.39 is 5.97 Å². The van der Waals surface area contributed by atoms with Gasteiger partial charge in [0.2, 0.25) is 0 Å². The molecule has 1 aromatic rings. The maximum absolute atomic E-state index is 10.9. The van der Waals surface area contributed by atoms with E-state index in [9.17, 15) is 4.79 Å². The van der Waals surface area contributed by atoms with Gasteiger partial charge in [-0.15, -0.1) is 0 Å². The topological polar surface area (TPSA) is 72.5 Å². The highest BCUT2D eigenvalue weighted by atomic mass is 16.5. The molecule has 1 rings (SSSR count). The monoisotopic (exact) mass is 195 g/mol. The van der Waals surface area contributed by atoms with Gasteiger partial charge in [-0.2, -0.15) is 0 Å². The Bertz CT molecular complexity index is 385. The Labute approximate surface area is 82.3 Å². The Kier molecular flexibility index (Phi) is 2.65. The molecular weight excluding hydrogens is 182 g/mol. The molecule has 0 radical (unpaired) electrons. The van der Waals surface area contributed by atoms with Crippen molar-refractivity contribution in [2.24, 2.45) is 0 Å². The van der Waals surface area contributed by atoms with E-state index in [0.717, 1.165) is 11.1 Å². The van der Waals surface area contributed by atoms with E-state index in [1.807, 2.05) is 6.92 Å². The van der Waals surface area contributed by atoms with Crippen LogP contribution in [0.2, 0.25) is 0 Å². The lowest BCUT2D eigenvalue weighted by Gasteiger charge is -2.12. The molecule has 3 N–H and O–H groups in total. The molecule has 0 saturated carbocycles. The summed E-state index contributed by atoms with van der Waals surface area (Å²) >= 11 is 0. The van der Waals surface area contributed by atoms with E-state index in [1.165, 1.54) is 13.2 Å². The number of hydrogen-bond acceptors (Lipinski definition) is 3. The summed E-state index contributed by atoms with van der Waals surface area (Å²) in [4.78, 5) is 10.9. The first kappa shape index (κ1) is 10.4. The summed E-state index contributed by atoms with van der Waals surface area (Å²) < 4.78 is 5.04. The Hall–Kier alpha value is -1.71. The highest BCUT2D eigenvalue weighted by Gasteiger charge is 2.16. The predicted octanol–water partition coefficient (Wildman–Crippen LogP) is 1.59. The molecule has 0 aliphatic carbocycles. The van der Waals surface area contributed by atoms with Crippen LogP contribution >= 0.6 is 0 Å². The van der Waals surface area contributed by atoms with Gasteiger partial charge in [0.15, 0.2) is 0 Å². The van der Waals surface area contributed by atoms with E-state index in [-0.39, 0.29) is 5.56 Å². The number of rotatable bonds is 2. The van der Waals surface area contributed by atoms with Gasteiger partial charge in [0.05, 0.1) is 7.11 Å². The summed E-state index contributed by atoms with van der Waals surface area (Å²) in [5.74, 6) is -0.652. The zero-order chi connectivity index (χ0) is 10.9. The Balaban J connectivity index is 3.51. The van der Waals surface area contributed by atoms with Crippen LogP contribution in [-0.4, -0.2) is 18.2 Å². The zero-order valence-electron chi connectivity index (χ0n) is 8.42. The molecule has 0 fully saturated rings. The van der Waals surface area contributed by atoms with Gasteiger partial charge in [-0.25, -0.2) is 4.79 Å². The minimum absolute atomic E-state index is 0.105. The van der Waals surface area contributed by atoms with Crippen LogP contribution in [0.5, 0.6) is 5.75 Å². The molecule has 14 heavy (non-hydrogen) atoms. The average molecular weight is 195 g/mol. The van der Waals surface area contributed by atoms with Crippen molar-refractivity contribution in [2.45, 2.75) is 13.8 Å². The summed E-state index contributed by atoms with van der Waals surface area (Å²) in [5, 5.41) is 8.90. The van der Waals surface area contributed by atoms with Gasteiger partial charge >= 0.3 is 5.97 Å². The zero-order valence-corrected chi connectivity index (χ0v) is 8.42. The molecule has 0 unspecified atom stereocenters. The molecule has 76 valence electrons. The highest BCUT2D eigenvalue weighted by Crippen LogP contribution is 2.30. The summed E-state index contributed by atoms with van der Waals surface area (Å²) in [6, 6.07) is 1.42. The van der Waals surface area contributed by atoms with Crippen molar-refractivity contribution in [3.8, 4) is 5.75 Å². The maximum Gasteiger partial charge on any atom is 0.339 e. The second-order valence-electron chi connectivity index (χ2n) is 3.10. The molecule has 0 aromatic heterocycles. The first-order valence-electron chi connectivity index (χ1n) is 4.16. The summed E-state index contributed by atoms with van der Waals surface area (Å²) in [5.41, 5.74) is 7.86. The van der Waals surface area contributed by atoms with E-state index in [1.54, 1.807) is 6.92 Å². The molecule has 4 nitrogen and oxygen atoms in total. The lowest BCUT2D eigenvalue weighted by molar-refractivity contribution is 0.0693. The Morgan fingerprint density at radius 2 is 2.00 bits per heavy atom. The lowest BCUT2D eigenvalue weighted by Crippen LogP contribution is -2.05. The van der Waals surface area contributed by atoms with Crippen LogP contribution in [0.25, 0.3) is 0 Å². The van der Waals surface area contributed by atoms with Crippen molar-refractivity contribution >= 4 is 11.7 Å². The largest absolute Gasteiger partial charge is 0.496 e. The van der Waals surface area contributed by atoms with E-state index in [4.69, 9.17) is 15.6 Å². The van der Waals surface area contributed by atoms with E-state index in [2.05, 4.69) is 0 Å². The molecule has 0 aliphatic rings. The van der Waals surface area contributed by atoms with Gasteiger partial charge in [0.1, 0.15) is 11.3 Å². The number of carbonyl (C=O) groups is 1. The molecule has 0 atom stereocenters. The van der Waals surface area contributed by atoms with Gasteiger partial charge < -0.3 is 15.6 Å². The standard InChI is InChI=1S/C10H13NO3/c1-5-6(2)9(14-3)7(10(12)13)4-8(5)11/h4H,11H2,1-3H3,(H,12,13). The molecule has 0 bridgehead atoms. The molecule has 1 aromatic carbocycles. The number of hydrogen-bond donors (Lipinski definition) is 2. The molecule has 0 aliphatic heterocycles. The quantitative estimate of drug-likeness (QED) is 0.703. The van der Waals surface area contributed by atoms with Crippen molar-refractivity contribution in [1.29, 1.82) is 0 Å². The van der Waals surface area contributed by atoms with Crippen LogP contribution in [0.3, 0.4) is 0 Å². The number of carboxylic acid groups (broad SMARTS) is 1.